The van der Waals surface area contributed by atoms with Gasteiger partial charge >= 0.3 is 5.97 Å². The van der Waals surface area contributed by atoms with Gasteiger partial charge in [0, 0.05) is 19.1 Å². The highest BCUT2D eigenvalue weighted by Crippen LogP contribution is 2.32. The fraction of sp³-hybridized carbons (Fsp3) is 0.533. The molecule has 1 aromatic rings. The Morgan fingerprint density at radius 1 is 1.42 bits per heavy atom. The van der Waals surface area contributed by atoms with Gasteiger partial charge < -0.3 is 10.5 Å². The molecule has 1 heterocycles. The molecule has 0 amide bonds. The van der Waals surface area contributed by atoms with Gasteiger partial charge in [0.25, 0.3) is 0 Å². The van der Waals surface area contributed by atoms with Gasteiger partial charge in [0.15, 0.2) is 0 Å². The number of benzene rings is 1. The molecule has 1 fully saturated rings. The van der Waals surface area contributed by atoms with Crippen LogP contribution < -0.4 is 5.73 Å². The maximum Gasteiger partial charge on any atom is 0.342 e. The summed E-state index contributed by atoms with van der Waals surface area (Å²) in [5, 5.41) is 0. The van der Waals surface area contributed by atoms with Crippen molar-refractivity contribution in [3.05, 3.63) is 29.6 Å². The van der Waals surface area contributed by atoms with Gasteiger partial charge in [-0.25, -0.2) is 17.6 Å². The lowest BCUT2D eigenvalue weighted by molar-refractivity contribution is 0.0590. The van der Waals surface area contributed by atoms with Crippen LogP contribution in [0.3, 0.4) is 0 Å². The van der Waals surface area contributed by atoms with Crippen LogP contribution in [0.2, 0.25) is 0 Å². The third-order valence-corrected chi connectivity index (χ3v) is 6.15. The van der Waals surface area contributed by atoms with Crippen LogP contribution in [-0.2, 0) is 14.8 Å². The van der Waals surface area contributed by atoms with Gasteiger partial charge in [-0.05, 0) is 24.0 Å². The summed E-state index contributed by atoms with van der Waals surface area (Å²) >= 11 is 0. The van der Waals surface area contributed by atoms with E-state index in [2.05, 4.69) is 4.74 Å². The van der Waals surface area contributed by atoms with Crippen molar-refractivity contribution in [1.82, 2.24) is 4.31 Å². The van der Waals surface area contributed by atoms with Crippen LogP contribution in [0, 0.1) is 11.2 Å². The van der Waals surface area contributed by atoms with E-state index in [-0.39, 0.29) is 36.4 Å². The summed E-state index contributed by atoms with van der Waals surface area (Å²) in [6.07, 6.45) is 0.495. The highest BCUT2D eigenvalue weighted by atomic mass is 35.5. The number of methoxy groups -OCH3 is 1. The molecule has 0 bridgehead atoms. The number of sulfonamides is 1. The smallest absolute Gasteiger partial charge is 0.342 e. The average molecular weight is 381 g/mol. The summed E-state index contributed by atoms with van der Waals surface area (Å²) in [5.74, 6) is -1.94. The van der Waals surface area contributed by atoms with Crippen molar-refractivity contribution in [2.75, 3.05) is 20.2 Å². The number of ether oxygens (including phenoxy) is 1. The molecule has 0 spiro atoms. The number of halogens is 2. The molecule has 0 saturated carbocycles. The first-order valence-corrected chi connectivity index (χ1v) is 8.68. The largest absolute Gasteiger partial charge is 0.465 e. The van der Waals surface area contributed by atoms with Crippen molar-refractivity contribution in [1.29, 1.82) is 0 Å². The van der Waals surface area contributed by atoms with Crippen LogP contribution in [0.1, 0.15) is 30.6 Å². The standard InChI is InChI=1S/C15H21FN2O4S.ClH/c1-15(2)9-18(8-7-12(15)17)23(20,21)11-6-4-5-10(16)13(11)14(19)22-3;/h4-6,12H,7-9,17H2,1-3H3;1H. The van der Waals surface area contributed by atoms with Crippen molar-refractivity contribution >= 4 is 28.4 Å². The van der Waals surface area contributed by atoms with Gasteiger partial charge in [0.2, 0.25) is 10.0 Å². The minimum absolute atomic E-state index is 0. The molecule has 1 aromatic carbocycles. The third-order valence-electron chi connectivity index (χ3n) is 4.26. The Morgan fingerprint density at radius 2 is 2.04 bits per heavy atom. The molecular formula is C15H22ClFN2O4S. The van der Waals surface area contributed by atoms with Crippen molar-refractivity contribution in [2.45, 2.75) is 31.2 Å². The molecule has 0 radical (unpaired) electrons. The third kappa shape index (κ3) is 3.72. The Balaban J connectivity index is 0.00000288. The van der Waals surface area contributed by atoms with Crippen LogP contribution in [0.15, 0.2) is 23.1 Å². The zero-order chi connectivity index (χ0) is 17.4. The van der Waals surface area contributed by atoms with Crippen molar-refractivity contribution in [3.63, 3.8) is 0 Å². The van der Waals surface area contributed by atoms with Crippen molar-refractivity contribution in [3.8, 4) is 0 Å². The zero-order valence-corrected chi connectivity index (χ0v) is 15.4. The second kappa shape index (κ2) is 7.35. The average Bonchev–Trinajstić information content (AvgIpc) is 2.48. The summed E-state index contributed by atoms with van der Waals surface area (Å²) < 4.78 is 45.5. The number of nitrogens with zero attached hydrogens (tertiary/aromatic N) is 1. The Labute approximate surface area is 147 Å². The van der Waals surface area contributed by atoms with Crippen molar-refractivity contribution in [2.24, 2.45) is 11.1 Å². The molecule has 2 rings (SSSR count). The maximum absolute atomic E-state index is 14.0. The van der Waals surface area contributed by atoms with E-state index in [9.17, 15) is 17.6 Å². The molecule has 0 aliphatic carbocycles. The van der Waals surface area contributed by atoms with Gasteiger partial charge in [-0.15, -0.1) is 12.4 Å². The molecule has 2 N–H and O–H groups in total. The van der Waals surface area contributed by atoms with Gasteiger partial charge in [-0.1, -0.05) is 19.9 Å². The normalized spacial score (nSPS) is 21.0. The SMILES string of the molecule is COC(=O)c1c(F)cccc1S(=O)(=O)N1CCC(N)C(C)(C)C1.Cl. The molecule has 1 unspecified atom stereocenters. The predicted octanol–water partition coefficient (Wildman–Crippen LogP) is 1.78. The lowest BCUT2D eigenvalue weighted by Gasteiger charge is -2.41. The zero-order valence-electron chi connectivity index (χ0n) is 13.8. The summed E-state index contributed by atoms with van der Waals surface area (Å²) in [6, 6.07) is 3.38. The Morgan fingerprint density at radius 3 is 2.58 bits per heavy atom. The number of nitrogens with two attached hydrogens (primary N) is 1. The van der Waals surface area contributed by atoms with Gasteiger partial charge in [0.05, 0.1) is 12.0 Å². The first kappa shape index (κ1) is 20.8. The lowest BCUT2D eigenvalue weighted by Crippen LogP contribution is -2.54. The molecular weight excluding hydrogens is 359 g/mol. The highest BCUT2D eigenvalue weighted by Gasteiger charge is 2.40. The summed E-state index contributed by atoms with van der Waals surface area (Å²) in [5.41, 5.74) is 5.05. The number of hydrogen-bond donors (Lipinski definition) is 1. The quantitative estimate of drug-likeness (QED) is 0.807. The number of hydrogen-bond acceptors (Lipinski definition) is 5. The molecule has 1 aliphatic rings. The van der Waals surface area contributed by atoms with E-state index in [1.165, 1.54) is 16.4 Å². The molecule has 24 heavy (non-hydrogen) atoms. The number of esters is 1. The van der Waals surface area contributed by atoms with Gasteiger partial charge in [0.1, 0.15) is 11.4 Å². The van der Waals surface area contributed by atoms with Crippen LogP contribution in [0.5, 0.6) is 0 Å². The van der Waals surface area contributed by atoms with Crippen LogP contribution in [0.25, 0.3) is 0 Å². The van der Waals surface area contributed by atoms with Gasteiger partial charge in [-0.2, -0.15) is 4.31 Å². The van der Waals surface area contributed by atoms with E-state index in [0.717, 1.165) is 13.2 Å². The maximum atomic E-state index is 14.0. The first-order chi connectivity index (χ1) is 10.6. The van der Waals surface area contributed by atoms with E-state index >= 15 is 0 Å². The molecule has 9 heteroatoms. The van der Waals surface area contributed by atoms with Crippen LogP contribution >= 0.6 is 12.4 Å². The summed E-state index contributed by atoms with van der Waals surface area (Å²) in [6.45, 7) is 4.19. The fourth-order valence-corrected chi connectivity index (χ4v) is 4.50. The summed E-state index contributed by atoms with van der Waals surface area (Å²) in [4.78, 5) is 11.4. The van der Waals surface area contributed by atoms with E-state index in [1.54, 1.807) is 0 Å². The molecule has 1 saturated heterocycles. The minimum atomic E-state index is -4.03. The second-order valence-electron chi connectivity index (χ2n) is 6.33. The first-order valence-electron chi connectivity index (χ1n) is 7.24. The van der Waals surface area contributed by atoms with E-state index in [0.29, 0.717) is 6.42 Å². The monoisotopic (exact) mass is 380 g/mol. The lowest BCUT2D eigenvalue weighted by atomic mass is 9.81. The summed E-state index contributed by atoms with van der Waals surface area (Å²) in [7, 11) is -2.95. The fourth-order valence-electron chi connectivity index (χ4n) is 2.69. The van der Waals surface area contributed by atoms with E-state index in [1.807, 2.05) is 13.8 Å². The highest BCUT2D eigenvalue weighted by molar-refractivity contribution is 7.89. The number of carbonyl (C=O) groups excluding carboxylic acids is 1. The van der Waals surface area contributed by atoms with Crippen LogP contribution in [-0.4, -0.2) is 44.9 Å². The van der Waals surface area contributed by atoms with E-state index in [4.69, 9.17) is 5.73 Å². The van der Waals surface area contributed by atoms with Crippen LogP contribution in [0.4, 0.5) is 4.39 Å². The topological polar surface area (TPSA) is 89.7 Å². The molecule has 1 aliphatic heterocycles. The van der Waals surface area contributed by atoms with Gasteiger partial charge in [-0.3, -0.25) is 0 Å². The Hall–Kier alpha value is -1.22. The number of piperidine rings is 1. The predicted molar refractivity (Wildman–Crippen MR) is 90.1 cm³/mol. The second-order valence-corrected chi connectivity index (χ2v) is 8.23. The molecule has 0 aromatic heterocycles. The minimum Gasteiger partial charge on any atom is -0.465 e. The Kier molecular flexibility index (Phi) is 6.37. The molecule has 1 atom stereocenters. The van der Waals surface area contributed by atoms with Crippen molar-refractivity contribution < 1.29 is 22.3 Å². The van der Waals surface area contributed by atoms with E-state index < -0.39 is 32.8 Å². The Bertz CT molecular complexity index is 724. The molecule has 136 valence electrons. The number of carbonyl (C=O) groups is 1. The number of rotatable bonds is 3. The molecule has 6 nitrogen and oxygen atoms in total.